The summed E-state index contributed by atoms with van der Waals surface area (Å²) in [5.74, 6) is -1.56. The monoisotopic (exact) mass is 339 g/mol. The smallest absolute Gasteiger partial charge is 0.228 e. The molecule has 0 radical (unpaired) electrons. The summed E-state index contributed by atoms with van der Waals surface area (Å²) >= 11 is 0. The van der Waals surface area contributed by atoms with Gasteiger partial charge in [-0.25, -0.2) is 8.78 Å². The van der Waals surface area contributed by atoms with Crippen LogP contribution in [0.25, 0.3) is 0 Å². The van der Waals surface area contributed by atoms with Crippen LogP contribution < -0.4 is 10.6 Å². The summed E-state index contributed by atoms with van der Waals surface area (Å²) in [4.78, 5) is 16.3. The van der Waals surface area contributed by atoms with Crippen LogP contribution in [0.5, 0.6) is 0 Å². The molecule has 122 valence electrons. The standard InChI is InChI=1S/C16H15F2N3O.ClH/c17-12-1-2-14(18)10(5-12)7-16(22)21-13-6-11-8-19-4-3-15(11)20-9-13;/h1-2,5-6,9,19H,3-4,7-8H2,(H,21,22);1H. The molecule has 7 heteroatoms. The molecule has 23 heavy (non-hydrogen) atoms. The first-order valence-electron chi connectivity index (χ1n) is 7.04. The molecule has 1 amide bonds. The largest absolute Gasteiger partial charge is 0.324 e. The van der Waals surface area contributed by atoms with E-state index in [-0.39, 0.29) is 24.4 Å². The van der Waals surface area contributed by atoms with Crippen LogP contribution in [0, 0.1) is 11.6 Å². The molecule has 1 aromatic heterocycles. The average Bonchev–Trinajstić information content (AvgIpc) is 2.51. The summed E-state index contributed by atoms with van der Waals surface area (Å²) in [6.45, 7) is 1.61. The van der Waals surface area contributed by atoms with Crippen molar-refractivity contribution in [1.82, 2.24) is 10.3 Å². The summed E-state index contributed by atoms with van der Waals surface area (Å²) in [6.07, 6.45) is 2.22. The molecule has 1 aromatic carbocycles. The van der Waals surface area contributed by atoms with Gasteiger partial charge >= 0.3 is 0 Å². The fourth-order valence-corrected chi connectivity index (χ4v) is 2.47. The van der Waals surface area contributed by atoms with Crippen LogP contribution in [0.3, 0.4) is 0 Å². The second-order valence-corrected chi connectivity index (χ2v) is 5.22. The Labute approximate surface area is 138 Å². The minimum atomic E-state index is -0.593. The lowest BCUT2D eigenvalue weighted by Crippen LogP contribution is -2.25. The number of amides is 1. The quantitative estimate of drug-likeness (QED) is 0.904. The number of pyridine rings is 1. The van der Waals surface area contributed by atoms with Crippen molar-refractivity contribution in [3.63, 3.8) is 0 Å². The second-order valence-electron chi connectivity index (χ2n) is 5.22. The lowest BCUT2D eigenvalue weighted by molar-refractivity contribution is -0.115. The summed E-state index contributed by atoms with van der Waals surface area (Å²) in [5.41, 5.74) is 2.66. The van der Waals surface area contributed by atoms with Gasteiger partial charge in [-0.3, -0.25) is 9.78 Å². The zero-order valence-electron chi connectivity index (χ0n) is 12.2. The van der Waals surface area contributed by atoms with E-state index < -0.39 is 17.5 Å². The molecule has 2 heterocycles. The SMILES string of the molecule is Cl.O=C(Cc1cc(F)ccc1F)Nc1cnc2c(c1)CNCC2. The molecule has 0 bridgehead atoms. The summed E-state index contributed by atoms with van der Waals surface area (Å²) in [5, 5.41) is 5.90. The Morgan fingerprint density at radius 1 is 1.30 bits per heavy atom. The maximum absolute atomic E-state index is 13.5. The molecule has 3 rings (SSSR count). The van der Waals surface area contributed by atoms with E-state index in [4.69, 9.17) is 0 Å². The van der Waals surface area contributed by atoms with Crippen LogP contribution in [0.1, 0.15) is 16.8 Å². The van der Waals surface area contributed by atoms with E-state index in [9.17, 15) is 13.6 Å². The lowest BCUT2D eigenvalue weighted by atomic mass is 10.1. The number of rotatable bonds is 3. The van der Waals surface area contributed by atoms with Crippen molar-refractivity contribution in [2.24, 2.45) is 0 Å². The molecular formula is C16H16ClF2N3O. The number of carbonyl (C=O) groups is 1. The van der Waals surface area contributed by atoms with Crippen molar-refractivity contribution in [2.75, 3.05) is 11.9 Å². The van der Waals surface area contributed by atoms with E-state index in [2.05, 4.69) is 15.6 Å². The molecule has 0 fully saturated rings. The fourth-order valence-electron chi connectivity index (χ4n) is 2.47. The first-order chi connectivity index (χ1) is 10.6. The van der Waals surface area contributed by atoms with Gasteiger partial charge in [0, 0.05) is 30.8 Å². The Bertz CT molecular complexity index is 724. The van der Waals surface area contributed by atoms with Gasteiger partial charge in [0.2, 0.25) is 5.91 Å². The van der Waals surface area contributed by atoms with Crippen molar-refractivity contribution in [3.8, 4) is 0 Å². The van der Waals surface area contributed by atoms with E-state index in [0.717, 1.165) is 42.4 Å². The zero-order valence-corrected chi connectivity index (χ0v) is 13.1. The predicted molar refractivity (Wildman–Crippen MR) is 85.6 cm³/mol. The highest BCUT2D eigenvalue weighted by Gasteiger charge is 2.13. The highest BCUT2D eigenvalue weighted by atomic mass is 35.5. The van der Waals surface area contributed by atoms with Crippen molar-refractivity contribution < 1.29 is 13.6 Å². The van der Waals surface area contributed by atoms with Gasteiger partial charge in [0.1, 0.15) is 11.6 Å². The third-order valence-corrected chi connectivity index (χ3v) is 3.56. The number of halogens is 3. The number of carbonyl (C=O) groups excluding carboxylic acids is 1. The maximum Gasteiger partial charge on any atom is 0.228 e. The first kappa shape index (κ1) is 17.3. The third-order valence-electron chi connectivity index (χ3n) is 3.56. The molecule has 0 unspecified atom stereocenters. The molecule has 2 aromatic rings. The summed E-state index contributed by atoms with van der Waals surface area (Å²) in [6, 6.07) is 4.93. The van der Waals surface area contributed by atoms with Crippen molar-refractivity contribution >= 4 is 24.0 Å². The van der Waals surface area contributed by atoms with Gasteiger partial charge in [0.05, 0.1) is 18.3 Å². The topological polar surface area (TPSA) is 54.0 Å². The Morgan fingerprint density at radius 2 is 2.13 bits per heavy atom. The maximum atomic E-state index is 13.5. The van der Waals surface area contributed by atoms with Crippen LogP contribution >= 0.6 is 12.4 Å². The number of fused-ring (bicyclic) bond motifs is 1. The van der Waals surface area contributed by atoms with E-state index in [0.29, 0.717) is 12.2 Å². The Morgan fingerprint density at radius 3 is 2.96 bits per heavy atom. The molecular weight excluding hydrogens is 324 g/mol. The van der Waals surface area contributed by atoms with Crippen molar-refractivity contribution in [3.05, 3.63) is 58.9 Å². The molecule has 1 aliphatic rings. The van der Waals surface area contributed by atoms with Gasteiger partial charge < -0.3 is 10.6 Å². The highest BCUT2D eigenvalue weighted by molar-refractivity contribution is 5.92. The fraction of sp³-hybridized carbons (Fsp3) is 0.250. The second kappa shape index (κ2) is 7.48. The zero-order chi connectivity index (χ0) is 15.5. The number of nitrogens with zero attached hydrogens (tertiary/aromatic N) is 1. The molecule has 0 saturated carbocycles. The molecule has 4 nitrogen and oxygen atoms in total. The summed E-state index contributed by atoms with van der Waals surface area (Å²) in [7, 11) is 0. The van der Waals surface area contributed by atoms with Crippen molar-refractivity contribution in [1.29, 1.82) is 0 Å². The summed E-state index contributed by atoms with van der Waals surface area (Å²) < 4.78 is 26.6. The van der Waals surface area contributed by atoms with Gasteiger partial charge in [-0.2, -0.15) is 0 Å². The minimum Gasteiger partial charge on any atom is -0.324 e. The van der Waals surface area contributed by atoms with E-state index in [1.54, 1.807) is 6.20 Å². The van der Waals surface area contributed by atoms with E-state index in [1.807, 2.05) is 6.07 Å². The predicted octanol–water partition coefficient (Wildman–Crippen LogP) is 2.61. The van der Waals surface area contributed by atoms with E-state index >= 15 is 0 Å². The van der Waals surface area contributed by atoms with Gasteiger partial charge in [-0.1, -0.05) is 0 Å². The normalized spacial score (nSPS) is 13.0. The van der Waals surface area contributed by atoms with Crippen LogP contribution in [0.2, 0.25) is 0 Å². The number of anilines is 1. The van der Waals surface area contributed by atoms with Crippen LogP contribution in [-0.4, -0.2) is 17.4 Å². The Kier molecular flexibility index (Phi) is 5.63. The molecule has 0 saturated heterocycles. The van der Waals surface area contributed by atoms with Crippen LogP contribution in [0.15, 0.2) is 30.5 Å². The number of benzene rings is 1. The number of aromatic nitrogens is 1. The number of nitrogens with one attached hydrogen (secondary N) is 2. The van der Waals surface area contributed by atoms with Gasteiger partial charge in [-0.05, 0) is 29.8 Å². The van der Waals surface area contributed by atoms with Crippen molar-refractivity contribution in [2.45, 2.75) is 19.4 Å². The molecule has 2 N–H and O–H groups in total. The highest BCUT2D eigenvalue weighted by Crippen LogP contribution is 2.17. The Hall–Kier alpha value is -2.05. The Balaban J connectivity index is 0.00000192. The first-order valence-corrected chi connectivity index (χ1v) is 7.04. The van der Waals surface area contributed by atoms with Crippen LogP contribution in [-0.2, 0) is 24.2 Å². The van der Waals surface area contributed by atoms with Gasteiger partial charge in [0.25, 0.3) is 0 Å². The number of hydrogen-bond donors (Lipinski definition) is 2. The third kappa shape index (κ3) is 4.24. The molecule has 0 spiro atoms. The minimum absolute atomic E-state index is 0. The van der Waals surface area contributed by atoms with Gasteiger partial charge in [0.15, 0.2) is 0 Å². The van der Waals surface area contributed by atoms with Gasteiger partial charge in [-0.15, -0.1) is 12.4 Å². The average molecular weight is 340 g/mol. The lowest BCUT2D eigenvalue weighted by Gasteiger charge is -2.17. The molecule has 0 atom stereocenters. The molecule has 1 aliphatic heterocycles. The van der Waals surface area contributed by atoms with Crippen LogP contribution in [0.4, 0.5) is 14.5 Å². The number of hydrogen-bond acceptors (Lipinski definition) is 3. The molecule has 0 aliphatic carbocycles. The van der Waals surface area contributed by atoms with E-state index in [1.165, 1.54) is 0 Å².